The number of rotatable bonds is 3. The zero-order valence-electron chi connectivity index (χ0n) is 17.2. The minimum atomic E-state index is -0.537. The molecule has 1 aromatic carbocycles. The van der Waals surface area contributed by atoms with Gasteiger partial charge in [0.25, 0.3) is 0 Å². The van der Waals surface area contributed by atoms with E-state index in [9.17, 15) is 4.79 Å². The Morgan fingerprint density at radius 2 is 1.70 bits per heavy atom. The molecule has 2 aliphatic rings. The Kier molecular flexibility index (Phi) is 4.86. The molecule has 1 saturated heterocycles. The first-order valence-electron chi connectivity index (χ1n) is 9.41. The second kappa shape index (κ2) is 6.40. The number of carbonyl (C=O) groups is 1. The number of amides is 1. The van der Waals surface area contributed by atoms with Gasteiger partial charge in [0.2, 0.25) is 0 Å². The molecule has 0 atom stereocenters. The number of halogens is 1. The summed E-state index contributed by atoms with van der Waals surface area (Å²) in [5.41, 5.74) is -0.0264. The molecule has 7 heteroatoms. The topological polar surface area (TPSA) is 56.8 Å². The van der Waals surface area contributed by atoms with Crippen LogP contribution in [0.3, 0.4) is 0 Å². The van der Waals surface area contributed by atoms with Crippen LogP contribution in [0, 0.1) is 0 Å². The zero-order chi connectivity index (χ0) is 20.3. The van der Waals surface area contributed by atoms with Gasteiger partial charge in [0.05, 0.1) is 16.7 Å². The van der Waals surface area contributed by atoms with Crippen LogP contribution in [0.5, 0.6) is 0 Å². The maximum atomic E-state index is 12.2. The normalized spacial score (nSPS) is 22.4. The molecular formula is C20H29BClNO4. The van der Waals surface area contributed by atoms with Gasteiger partial charge in [-0.15, -0.1) is 0 Å². The molecule has 1 aromatic rings. The van der Waals surface area contributed by atoms with Gasteiger partial charge in [-0.2, -0.15) is 0 Å². The van der Waals surface area contributed by atoms with E-state index in [1.165, 1.54) is 0 Å². The molecule has 2 fully saturated rings. The average Bonchev–Trinajstić information content (AvgIpc) is 3.19. The number of hydrogen-bond acceptors (Lipinski definition) is 4. The van der Waals surface area contributed by atoms with Crippen LogP contribution in [-0.4, -0.2) is 30.0 Å². The number of alkyl carbamates (subject to hydrolysis) is 1. The lowest BCUT2D eigenvalue weighted by Crippen LogP contribution is -2.41. The van der Waals surface area contributed by atoms with Crippen LogP contribution in [0.1, 0.15) is 66.9 Å². The highest BCUT2D eigenvalue weighted by Crippen LogP contribution is 2.48. The number of benzene rings is 1. The third kappa shape index (κ3) is 4.13. The van der Waals surface area contributed by atoms with E-state index >= 15 is 0 Å². The van der Waals surface area contributed by atoms with Crippen molar-refractivity contribution in [2.45, 2.75) is 83.6 Å². The molecule has 0 radical (unpaired) electrons. The van der Waals surface area contributed by atoms with Crippen molar-refractivity contribution in [1.82, 2.24) is 5.32 Å². The zero-order valence-corrected chi connectivity index (χ0v) is 18.0. The highest BCUT2D eigenvalue weighted by atomic mass is 35.5. The van der Waals surface area contributed by atoms with Gasteiger partial charge in [0.1, 0.15) is 5.60 Å². The Morgan fingerprint density at radius 3 is 2.15 bits per heavy atom. The predicted octanol–water partition coefficient (Wildman–Crippen LogP) is 4.15. The van der Waals surface area contributed by atoms with Gasteiger partial charge in [-0.1, -0.05) is 23.7 Å². The molecule has 1 aliphatic heterocycles. The largest absolute Gasteiger partial charge is 0.494 e. The van der Waals surface area contributed by atoms with Crippen LogP contribution >= 0.6 is 11.6 Å². The van der Waals surface area contributed by atoms with Gasteiger partial charge in [0, 0.05) is 5.02 Å². The molecule has 1 aliphatic carbocycles. The minimum absolute atomic E-state index is 0.404. The van der Waals surface area contributed by atoms with Crippen molar-refractivity contribution in [2.75, 3.05) is 0 Å². The van der Waals surface area contributed by atoms with Gasteiger partial charge in [-0.05, 0) is 78.4 Å². The molecule has 0 aromatic heterocycles. The SMILES string of the molecule is CC(C)(C)OC(=O)NC1(c2ccc(B3OC(C)(C)C(C)(C)O3)cc2Cl)CC1. The average molecular weight is 394 g/mol. The van der Waals surface area contributed by atoms with Crippen molar-refractivity contribution in [3.8, 4) is 0 Å². The number of ether oxygens (including phenoxy) is 1. The molecule has 27 heavy (non-hydrogen) atoms. The molecular weight excluding hydrogens is 364 g/mol. The molecule has 3 rings (SSSR count). The first-order chi connectivity index (χ1) is 12.2. The summed E-state index contributed by atoms with van der Waals surface area (Å²) in [7, 11) is -0.462. The standard InChI is InChI=1S/C20H29BClNO4/c1-17(2,3)25-16(24)23-20(10-11-20)14-9-8-13(12-15(14)22)21-26-18(4,5)19(6,7)27-21/h8-9,12H,10-11H2,1-7H3,(H,23,24). The van der Waals surface area contributed by atoms with Crippen LogP contribution in [0.25, 0.3) is 0 Å². The van der Waals surface area contributed by atoms with Crippen molar-refractivity contribution >= 4 is 30.3 Å². The van der Waals surface area contributed by atoms with E-state index in [2.05, 4.69) is 5.32 Å². The summed E-state index contributed by atoms with van der Waals surface area (Å²) in [6.07, 6.45) is 1.25. The molecule has 1 heterocycles. The Hall–Kier alpha value is -1.24. The molecule has 0 unspecified atom stereocenters. The quantitative estimate of drug-likeness (QED) is 0.784. The summed E-state index contributed by atoms with van der Waals surface area (Å²) < 4.78 is 17.6. The molecule has 1 N–H and O–H groups in total. The maximum absolute atomic E-state index is 12.2. The van der Waals surface area contributed by atoms with Crippen molar-refractivity contribution in [1.29, 1.82) is 0 Å². The van der Waals surface area contributed by atoms with Crippen molar-refractivity contribution in [3.63, 3.8) is 0 Å². The highest BCUT2D eigenvalue weighted by molar-refractivity contribution is 6.62. The summed E-state index contributed by atoms with van der Waals surface area (Å²) in [4.78, 5) is 12.2. The van der Waals surface area contributed by atoms with Gasteiger partial charge in [0.15, 0.2) is 0 Å². The van der Waals surface area contributed by atoms with Crippen molar-refractivity contribution in [2.24, 2.45) is 0 Å². The second-order valence-electron chi connectivity index (χ2n) is 9.54. The maximum Gasteiger partial charge on any atom is 0.494 e. The molecule has 1 saturated carbocycles. The lowest BCUT2D eigenvalue weighted by atomic mass is 9.78. The first kappa shape index (κ1) is 20.5. The van der Waals surface area contributed by atoms with Crippen LogP contribution < -0.4 is 10.8 Å². The first-order valence-corrected chi connectivity index (χ1v) is 9.79. The summed E-state index contributed by atoms with van der Waals surface area (Å²) in [6, 6.07) is 5.78. The van der Waals surface area contributed by atoms with E-state index in [4.69, 9.17) is 25.6 Å². The summed E-state index contributed by atoms with van der Waals surface area (Å²) in [5.74, 6) is 0. The molecule has 1 amide bonds. The summed E-state index contributed by atoms with van der Waals surface area (Å²) in [5, 5.41) is 3.58. The fourth-order valence-electron chi connectivity index (χ4n) is 3.13. The van der Waals surface area contributed by atoms with Gasteiger partial charge in [-0.25, -0.2) is 4.79 Å². The van der Waals surface area contributed by atoms with E-state index in [1.807, 2.05) is 66.7 Å². The molecule has 0 bridgehead atoms. The third-order valence-electron chi connectivity index (χ3n) is 5.52. The fourth-order valence-corrected chi connectivity index (χ4v) is 3.50. The fraction of sp³-hybridized carbons (Fsp3) is 0.650. The number of carbonyl (C=O) groups excluding carboxylic acids is 1. The van der Waals surface area contributed by atoms with Gasteiger partial charge in [-0.3, -0.25) is 0 Å². The van der Waals surface area contributed by atoms with Crippen molar-refractivity contribution < 1.29 is 18.8 Å². The third-order valence-corrected chi connectivity index (χ3v) is 5.84. The number of hydrogen-bond donors (Lipinski definition) is 1. The van der Waals surface area contributed by atoms with E-state index < -0.39 is 35.6 Å². The van der Waals surface area contributed by atoms with Crippen LogP contribution in [0.15, 0.2) is 18.2 Å². The Morgan fingerprint density at radius 1 is 1.15 bits per heavy atom. The minimum Gasteiger partial charge on any atom is -0.444 e. The van der Waals surface area contributed by atoms with Crippen molar-refractivity contribution in [3.05, 3.63) is 28.8 Å². The lowest BCUT2D eigenvalue weighted by molar-refractivity contribution is 0.00578. The monoisotopic (exact) mass is 393 g/mol. The van der Waals surface area contributed by atoms with Crippen LogP contribution in [0.4, 0.5) is 4.79 Å². The van der Waals surface area contributed by atoms with Gasteiger partial charge >= 0.3 is 13.2 Å². The van der Waals surface area contributed by atoms with E-state index in [0.29, 0.717) is 5.02 Å². The Balaban J connectivity index is 1.77. The van der Waals surface area contributed by atoms with Crippen LogP contribution in [-0.2, 0) is 19.6 Å². The summed E-state index contributed by atoms with van der Waals surface area (Å²) in [6.45, 7) is 13.6. The molecule has 5 nitrogen and oxygen atoms in total. The highest BCUT2D eigenvalue weighted by Gasteiger charge is 2.52. The Bertz CT molecular complexity index is 737. The smallest absolute Gasteiger partial charge is 0.444 e. The van der Waals surface area contributed by atoms with Gasteiger partial charge < -0.3 is 19.4 Å². The lowest BCUT2D eigenvalue weighted by Gasteiger charge is -2.32. The Labute approximate surface area is 167 Å². The summed E-state index contributed by atoms with van der Waals surface area (Å²) >= 11 is 6.59. The number of nitrogens with one attached hydrogen (secondary N) is 1. The predicted molar refractivity (Wildman–Crippen MR) is 107 cm³/mol. The van der Waals surface area contributed by atoms with Crippen LogP contribution in [0.2, 0.25) is 5.02 Å². The molecule has 0 spiro atoms. The van der Waals surface area contributed by atoms with E-state index in [0.717, 1.165) is 23.9 Å². The van der Waals surface area contributed by atoms with E-state index in [1.54, 1.807) is 0 Å². The second-order valence-corrected chi connectivity index (χ2v) is 9.94. The van der Waals surface area contributed by atoms with E-state index in [-0.39, 0.29) is 0 Å². The molecule has 148 valence electrons.